The Morgan fingerprint density at radius 2 is 2.33 bits per heavy atom. The topological polar surface area (TPSA) is 62.2 Å². The first-order valence-corrected chi connectivity index (χ1v) is 6.98. The molecular formula is C11H8BrClN2O2S. The number of carbonyl (C=O) groups is 1. The largest absolute Gasteiger partial charge is 0.481 e. The fourth-order valence-corrected chi connectivity index (χ4v) is 2.46. The second-order valence-electron chi connectivity index (χ2n) is 3.47. The van der Waals surface area contributed by atoms with Gasteiger partial charge >= 0.3 is 5.97 Å². The summed E-state index contributed by atoms with van der Waals surface area (Å²) in [5, 5.41) is 14.7. The molecule has 1 aromatic heterocycles. The lowest BCUT2D eigenvalue weighted by molar-refractivity contribution is -0.136. The number of aliphatic carboxylic acids is 1. The lowest BCUT2D eigenvalue weighted by Crippen LogP contribution is -2.00. The molecule has 0 saturated carbocycles. The summed E-state index contributed by atoms with van der Waals surface area (Å²) in [6, 6.07) is 5.45. The van der Waals surface area contributed by atoms with Crippen LogP contribution in [0.5, 0.6) is 0 Å². The molecule has 1 heterocycles. The molecule has 0 aliphatic heterocycles. The molecule has 2 rings (SSSR count). The molecule has 18 heavy (non-hydrogen) atoms. The van der Waals surface area contributed by atoms with Crippen molar-refractivity contribution in [3.05, 3.63) is 38.8 Å². The normalized spacial score (nSPS) is 10.3. The van der Waals surface area contributed by atoms with Crippen LogP contribution in [-0.4, -0.2) is 16.1 Å². The molecule has 0 amide bonds. The van der Waals surface area contributed by atoms with Crippen molar-refractivity contribution in [3.63, 3.8) is 0 Å². The highest BCUT2D eigenvalue weighted by atomic mass is 79.9. The maximum absolute atomic E-state index is 10.5. The molecule has 1 aromatic carbocycles. The highest BCUT2D eigenvalue weighted by molar-refractivity contribution is 9.10. The van der Waals surface area contributed by atoms with Crippen LogP contribution in [0.15, 0.2) is 28.1 Å². The molecule has 0 atom stereocenters. The number of carboxylic acids is 1. The summed E-state index contributed by atoms with van der Waals surface area (Å²) in [4.78, 5) is 14.7. The van der Waals surface area contributed by atoms with Gasteiger partial charge in [0.05, 0.1) is 17.1 Å². The molecule has 4 nitrogen and oxygen atoms in total. The Morgan fingerprint density at radius 3 is 3.00 bits per heavy atom. The van der Waals surface area contributed by atoms with E-state index >= 15 is 0 Å². The van der Waals surface area contributed by atoms with E-state index in [9.17, 15) is 4.79 Å². The van der Waals surface area contributed by atoms with Crippen LogP contribution in [0.4, 0.5) is 10.8 Å². The Bertz CT molecular complexity index is 588. The SMILES string of the molecule is O=C(O)Cc1csc(Nc2ccc(Br)c(Cl)c2)n1. The fourth-order valence-electron chi connectivity index (χ4n) is 1.30. The average Bonchev–Trinajstić information content (AvgIpc) is 2.70. The van der Waals surface area contributed by atoms with E-state index in [1.54, 1.807) is 11.4 Å². The minimum absolute atomic E-state index is 0.0702. The van der Waals surface area contributed by atoms with E-state index in [-0.39, 0.29) is 6.42 Å². The number of hydrogen-bond acceptors (Lipinski definition) is 4. The lowest BCUT2D eigenvalue weighted by Gasteiger charge is -2.03. The number of hydrogen-bond donors (Lipinski definition) is 2. The predicted octanol–water partition coefficient (Wildman–Crippen LogP) is 3.93. The number of halogens is 2. The van der Waals surface area contributed by atoms with E-state index in [1.807, 2.05) is 12.1 Å². The molecule has 0 aliphatic carbocycles. The van der Waals surface area contributed by atoms with Crippen LogP contribution in [0.2, 0.25) is 5.02 Å². The molecule has 0 aliphatic rings. The van der Waals surface area contributed by atoms with Gasteiger partial charge in [-0.3, -0.25) is 4.79 Å². The first-order valence-electron chi connectivity index (χ1n) is 4.93. The predicted molar refractivity (Wildman–Crippen MR) is 75.9 cm³/mol. The van der Waals surface area contributed by atoms with Gasteiger partial charge in [0.15, 0.2) is 5.13 Å². The van der Waals surface area contributed by atoms with Crippen molar-refractivity contribution < 1.29 is 9.90 Å². The van der Waals surface area contributed by atoms with Crippen LogP contribution in [-0.2, 0) is 11.2 Å². The molecule has 2 N–H and O–H groups in total. The summed E-state index contributed by atoms with van der Waals surface area (Å²) < 4.78 is 0.820. The standard InChI is InChI=1S/C11H8BrClN2O2S/c12-8-2-1-6(3-9(8)13)14-11-15-7(5-18-11)4-10(16)17/h1-3,5H,4H2,(H,14,15)(H,16,17). The van der Waals surface area contributed by atoms with Gasteiger partial charge in [-0.2, -0.15) is 0 Å². The van der Waals surface area contributed by atoms with E-state index in [0.29, 0.717) is 15.8 Å². The van der Waals surface area contributed by atoms with Crippen LogP contribution in [0.1, 0.15) is 5.69 Å². The summed E-state index contributed by atoms with van der Waals surface area (Å²) >= 11 is 10.6. The number of rotatable bonds is 4. The van der Waals surface area contributed by atoms with Crippen LogP contribution in [0.25, 0.3) is 0 Å². The third-order valence-electron chi connectivity index (χ3n) is 2.05. The van der Waals surface area contributed by atoms with Crippen molar-refractivity contribution in [2.45, 2.75) is 6.42 Å². The van der Waals surface area contributed by atoms with Gasteiger partial charge in [0, 0.05) is 15.5 Å². The number of carboxylic acid groups (broad SMARTS) is 1. The number of aromatic nitrogens is 1. The first kappa shape index (κ1) is 13.3. The van der Waals surface area contributed by atoms with Gasteiger partial charge in [0.2, 0.25) is 0 Å². The second-order valence-corrected chi connectivity index (χ2v) is 5.59. The average molecular weight is 348 g/mol. The van der Waals surface area contributed by atoms with E-state index in [0.717, 1.165) is 10.2 Å². The Hall–Kier alpha value is -1.11. The number of anilines is 2. The molecule has 2 aromatic rings. The summed E-state index contributed by atoms with van der Waals surface area (Å²) in [6.45, 7) is 0. The minimum atomic E-state index is -0.890. The number of benzene rings is 1. The van der Waals surface area contributed by atoms with Gasteiger partial charge in [0.1, 0.15) is 0 Å². The molecular weight excluding hydrogens is 340 g/mol. The maximum Gasteiger partial charge on any atom is 0.309 e. The number of thiazole rings is 1. The van der Waals surface area contributed by atoms with Gasteiger partial charge < -0.3 is 10.4 Å². The summed E-state index contributed by atoms with van der Waals surface area (Å²) in [5.74, 6) is -0.890. The van der Waals surface area contributed by atoms with Crippen molar-refractivity contribution in [3.8, 4) is 0 Å². The smallest absolute Gasteiger partial charge is 0.309 e. The van der Waals surface area contributed by atoms with Crippen LogP contribution >= 0.6 is 38.9 Å². The Labute approximate surface area is 121 Å². The maximum atomic E-state index is 10.5. The van der Waals surface area contributed by atoms with E-state index < -0.39 is 5.97 Å². The van der Waals surface area contributed by atoms with Crippen molar-refractivity contribution in [1.29, 1.82) is 0 Å². The van der Waals surface area contributed by atoms with E-state index in [1.165, 1.54) is 11.3 Å². The van der Waals surface area contributed by atoms with Crippen molar-refractivity contribution in [2.24, 2.45) is 0 Å². The monoisotopic (exact) mass is 346 g/mol. The quantitative estimate of drug-likeness (QED) is 0.879. The van der Waals surface area contributed by atoms with Crippen LogP contribution in [0.3, 0.4) is 0 Å². The van der Waals surface area contributed by atoms with Crippen LogP contribution in [0, 0.1) is 0 Å². The zero-order valence-corrected chi connectivity index (χ0v) is 12.1. The number of nitrogens with one attached hydrogen (secondary N) is 1. The summed E-state index contributed by atoms with van der Waals surface area (Å²) in [7, 11) is 0. The van der Waals surface area contributed by atoms with E-state index in [2.05, 4.69) is 26.2 Å². The van der Waals surface area contributed by atoms with Gasteiger partial charge in [-0.1, -0.05) is 11.6 Å². The van der Waals surface area contributed by atoms with Gasteiger partial charge in [-0.05, 0) is 34.1 Å². The van der Waals surface area contributed by atoms with Crippen LogP contribution < -0.4 is 5.32 Å². The molecule has 0 saturated heterocycles. The number of nitrogens with zero attached hydrogens (tertiary/aromatic N) is 1. The van der Waals surface area contributed by atoms with Crippen molar-refractivity contribution in [1.82, 2.24) is 4.98 Å². The summed E-state index contributed by atoms with van der Waals surface area (Å²) in [5.41, 5.74) is 1.35. The molecule has 7 heteroatoms. The lowest BCUT2D eigenvalue weighted by atomic mass is 10.3. The zero-order chi connectivity index (χ0) is 13.1. The Balaban J connectivity index is 2.11. The third-order valence-corrected chi connectivity index (χ3v) is 4.09. The molecule has 0 radical (unpaired) electrons. The summed E-state index contributed by atoms with van der Waals surface area (Å²) in [6.07, 6.45) is -0.0702. The molecule has 0 unspecified atom stereocenters. The Kier molecular flexibility index (Phi) is 4.21. The Morgan fingerprint density at radius 1 is 1.56 bits per heavy atom. The van der Waals surface area contributed by atoms with Gasteiger partial charge in [0.25, 0.3) is 0 Å². The zero-order valence-electron chi connectivity index (χ0n) is 8.98. The van der Waals surface area contributed by atoms with E-state index in [4.69, 9.17) is 16.7 Å². The highest BCUT2D eigenvalue weighted by Crippen LogP contribution is 2.28. The molecule has 0 spiro atoms. The van der Waals surface area contributed by atoms with Gasteiger partial charge in [-0.15, -0.1) is 11.3 Å². The van der Waals surface area contributed by atoms with Crippen molar-refractivity contribution in [2.75, 3.05) is 5.32 Å². The second kappa shape index (κ2) is 5.69. The van der Waals surface area contributed by atoms with Gasteiger partial charge in [-0.25, -0.2) is 4.98 Å². The van der Waals surface area contributed by atoms with Crippen molar-refractivity contribution >= 4 is 55.7 Å². The molecule has 0 fully saturated rings. The molecule has 0 bridgehead atoms. The third kappa shape index (κ3) is 3.44. The highest BCUT2D eigenvalue weighted by Gasteiger charge is 2.07. The minimum Gasteiger partial charge on any atom is -0.481 e. The first-order chi connectivity index (χ1) is 8.54. The molecule has 94 valence electrons. The fraction of sp³-hybridized carbons (Fsp3) is 0.0909.